The maximum Gasteiger partial charge on any atom is 0.149 e. The topological polar surface area (TPSA) is 74.0 Å². The number of aryl methyl sites for hydroxylation is 1. The third kappa shape index (κ3) is 4.96. The molecule has 0 radical (unpaired) electrons. The molecule has 0 aliphatic carbocycles. The van der Waals surface area contributed by atoms with Gasteiger partial charge in [0, 0.05) is 52.8 Å². The summed E-state index contributed by atoms with van der Waals surface area (Å²) in [6.45, 7) is 14.2. The summed E-state index contributed by atoms with van der Waals surface area (Å²) in [5.41, 5.74) is 4.75. The summed E-state index contributed by atoms with van der Waals surface area (Å²) in [5.74, 6) is 5.64. The zero-order valence-corrected chi connectivity index (χ0v) is 20.8. The average molecular weight is 513 g/mol. The van der Waals surface area contributed by atoms with Crippen LogP contribution in [-0.2, 0) is 4.84 Å². The predicted octanol–water partition coefficient (Wildman–Crippen LogP) is 4.02. The number of halogens is 1. The van der Waals surface area contributed by atoms with E-state index in [0.717, 1.165) is 29.5 Å². The van der Waals surface area contributed by atoms with Gasteiger partial charge in [-0.15, -0.1) is 0 Å². The van der Waals surface area contributed by atoms with Crippen LogP contribution in [0.15, 0.2) is 77.6 Å². The Hall–Kier alpha value is -2.32. The number of nitrogens with zero attached hydrogens (tertiary/aromatic N) is 2. The van der Waals surface area contributed by atoms with Gasteiger partial charge in [-0.05, 0) is 50.1 Å². The number of aliphatic hydroxyl groups is 1. The molecule has 0 aromatic heterocycles. The van der Waals surface area contributed by atoms with Crippen molar-refractivity contribution in [2.45, 2.75) is 50.6 Å². The largest absolute Gasteiger partial charge is 0.384 e. The third-order valence-corrected chi connectivity index (χ3v) is 7.39. The van der Waals surface area contributed by atoms with Crippen molar-refractivity contribution in [1.82, 2.24) is 10.2 Å². The van der Waals surface area contributed by atoms with Gasteiger partial charge < -0.3 is 20.2 Å². The van der Waals surface area contributed by atoms with E-state index >= 15 is 0 Å². The quantitative estimate of drug-likeness (QED) is 0.440. The molecule has 2 aromatic rings. The van der Waals surface area contributed by atoms with Crippen LogP contribution >= 0.6 is 15.9 Å². The number of anilines is 1. The van der Waals surface area contributed by atoms with Crippen molar-refractivity contribution in [3.63, 3.8) is 0 Å². The van der Waals surface area contributed by atoms with E-state index in [-0.39, 0.29) is 6.04 Å². The highest BCUT2D eigenvalue weighted by atomic mass is 79.9. The van der Waals surface area contributed by atoms with Gasteiger partial charge in [-0.2, -0.15) is 0 Å². The van der Waals surface area contributed by atoms with Crippen LogP contribution in [0.1, 0.15) is 30.5 Å². The van der Waals surface area contributed by atoms with E-state index < -0.39 is 12.2 Å². The second-order valence-corrected chi connectivity index (χ2v) is 10.0. The monoisotopic (exact) mass is 512 g/mol. The Morgan fingerprint density at radius 1 is 1.12 bits per heavy atom. The molecule has 5 atom stereocenters. The van der Waals surface area contributed by atoms with Crippen molar-refractivity contribution >= 4 is 21.6 Å². The fraction of sp³-hybridized carbons (Fsp3) is 0.385. The van der Waals surface area contributed by atoms with Crippen LogP contribution in [-0.4, -0.2) is 47.4 Å². The molecule has 6 nitrogen and oxygen atoms in total. The SMILES string of the molecule is C=C(N[C@@H](C)c1ccc(Br)cc1)C(O)C(ON)C(=C)N1CC2CC1CN2c1ccc(C)cc1. The molecule has 0 saturated carbocycles. The number of fused-ring (bicyclic) bond motifs is 2. The molecule has 2 bridgehead atoms. The Bertz CT molecular complexity index is 994. The van der Waals surface area contributed by atoms with E-state index in [9.17, 15) is 5.11 Å². The lowest BCUT2D eigenvalue weighted by atomic mass is 10.0. The first-order chi connectivity index (χ1) is 15.8. The Labute approximate surface area is 204 Å². The molecule has 4 N–H and O–H groups in total. The lowest BCUT2D eigenvalue weighted by Gasteiger charge is -2.40. The lowest BCUT2D eigenvalue weighted by molar-refractivity contribution is -0.0202. The molecule has 2 fully saturated rings. The molecule has 0 spiro atoms. The Kier molecular flexibility index (Phi) is 7.14. The van der Waals surface area contributed by atoms with Crippen LogP contribution in [0.3, 0.4) is 0 Å². The summed E-state index contributed by atoms with van der Waals surface area (Å²) < 4.78 is 1.02. The maximum absolute atomic E-state index is 11.0. The number of piperazine rings is 1. The van der Waals surface area contributed by atoms with Crippen LogP contribution < -0.4 is 16.1 Å². The summed E-state index contributed by atoms with van der Waals surface area (Å²) in [5, 5.41) is 14.3. The normalized spacial score (nSPS) is 22.2. The number of likely N-dealkylation sites (tertiary alicyclic amines) is 1. The summed E-state index contributed by atoms with van der Waals surface area (Å²) in [6, 6.07) is 17.4. The minimum absolute atomic E-state index is 0.0298. The van der Waals surface area contributed by atoms with Crippen LogP contribution in [0.5, 0.6) is 0 Å². The number of nitrogens with two attached hydrogens (primary N) is 1. The number of hydrogen-bond donors (Lipinski definition) is 3. The molecule has 2 aliphatic heterocycles. The molecule has 0 amide bonds. The van der Waals surface area contributed by atoms with E-state index in [0.29, 0.717) is 23.5 Å². The molecule has 2 heterocycles. The Balaban J connectivity index is 1.37. The van der Waals surface area contributed by atoms with Gasteiger partial charge in [0.25, 0.3) is 0 Å². The molecular weight excluding hydrogens is 480 g/mol. The highest BCUT2D eigenvalue weighted by Gasteiger charge is 2.45. The second kappa shape index (κ2) is 9.89. The van der Waals surface area contributed by atoms with Crippen LogP contribution in [0.25, 0.3) is 0 Å². The minimum Gasteiger partial charge on any atom is -0.384 e. The number of aliphatic hydroxyl groups excluding tert-OH is 1. The van der Waals surface area contributed by atoms with Crippen molar-refractivity contribution < 1.29 is 9.94 Å². The summed E-state index contributed by atoms with van der Waals surface area (Å²) >= 11 is 3.45. The van der Waals surface area contributed by atoms with Crippen molar-refractivity contribution in [1.29, 1.82) is 0 Å². The Morgan fingerprint density at radius 3 is 2.36 bits per heavy atom. The van der Waals surface area contributed by atoms with Gasteiger partial charge in [-0.1, -0.05) is 58.9 Å². The highest BCUT2D eigenvalue weighted by Crippen LogP contribution is 2.37. The molecule has 4 unspecified atom stereocenters. The second-order valence-electron chi connectivity index (χ2n) is 9.12. The van der Waals surface area contributed by atoms with Gasteiger partial charge in [0.1, 0.15) is 12.2 Å². The zero-order valence-electron chi connectivity index (χ0n) is 19.2. The molecule has 2 saturated heterocycles. The third-order valence-electron chi connectivity index (χ3n) is 6.87. The van der Waals surface area contributed by atoms with Gasteiger partial charge in [0.2, 0.25) is 0 Å². The first kappa shape index (κ1) is 23.8. The molecule has 2 aliphatic rings. The van der Waals surface area contributed by atoms with Crippen molar-refractivity contribution in [2.24, 2.45) is 5.90 Å². The molecule has 4 rings (SSSR count). The van der Waals surface area contributed by atoms with Crippen LogP contribution in [0, 0.1) is 6.92 Å². The fourth-order valence-corrected chi connectivity index (χ4v) is 5.22. The number of rotatable bonds is 9. The predicted molar refractivity (Wildman–Crippen MR) is 136 cm³/mol. The zero-order chi connectivity index (χ0) is 23.7. The van der Waals surface area contributed by atoms with Gasteiger partial charge >= 0.3 is 0 Å². The molecular formula is C26H33BrN4O2. The van der Waals surface area contributed by atoms with Crippen molar-refractivity contribution in [2.75, 3.05) is 18.0 Å². The highest BCUT2D eigenvalue weighted by molar-refractivity contribution is 9.10. The number of benzene rings is 2. The van der Waals surface area contributed by atoms with Crippen LogP contribution in [0.2, 0.25) is 0 Å². The van der Waals surface area contributed by atoms with E-state index in [2.05, 4.69) is 75.4 Å². The van der Waals surface area contributed by atoms with E-state index in [1.165, 1.54) is 11.3 Å². The molecule has 7 heteroatoms. The maximum atomic E-state index is 11.0. The first-order valence-electron chi connectivity index (χ1n) is 11.3. The van der Waals surface area contributed by atoms with Crippen molar-refractivity contribution in [3.05, 3.63) is 88.7 Å². The summed E-state index contributed by atoms with van der Waals surface area (Å²) in [4.78, 5) is 9.93. The molecule has 176 valence electrons. The van der Waals surface area contributed by atoms with Gasteiger partial charge in [-0.3, -0.25) is 4.84 Å². The van der Waals surface area contributed by atoms with E-state index in [1.807, 2.05) is 31.2 Å². The lowest BCUT2D eigenvalue weighted by Crippen LogP contribution is -2.50. The fourth-order valence-electron chi connectivity index (χ4n) is 4.95. The standard InChI is InChI=1S/C26H33BrN4O2/c1-16-5-11-22(12-6-16)31-15-23-13-24(31)14-30(23)19(4)26(33-28)25(32)18(3)29-17(2)20-7-9-21(27)10-8-20/h5-12,17,23-26,29,32H,3-4,13-15,28H2,1-2H3/t17-,23?,24?,25?,26?/m0/s1. The minimum atomic E-state index is -1.02. The molecule has 2 aromatic carbocycles. The number of nitrogens with one attached hydrogen (secondary N) is 1. The number of hydrogen-bond acceptors (Lipinski definition) is 6. The van der Waals surface area contributed by atoms with Gasteiger partial charge in [0.05, 0.1) is 0 Å². The van der Waals surface area contributed by atoms with Gasteiger partial charge in [0.15, 0.2) is 0 Å². The Morgan fingerprint density at radius 2 is 1.79 bits per heavy atom. The average Bonchev–Trinajstić information content (AvgIpc) is 3.41. The summed E-state index contributed by atoms with van der Waals surface area (Å²) in [7, 11) is 0. The van der Waals surface area contributed by atoms with Gasteiger partial charge in [-0.25, -0.2) is 5.90 Å². The van der Waals surface area contributed by atoms with E-state index in [1.54, 1.807) is 0 Å². The summed E-state index contributed by atoms with van der Waals surface area (Å²) in [6.07, 6.45) is -0.734. The van der Waals surface area contributed by atoms with Crippen molar-refractivity contribution in [3.8, 4) is 0 Å². The molecule has 33 heavy (non-hydrogen) atoms. The smallest absolute Gasteiger partial charge is 0.149 e. The first-order valence-corrected chi connectivity index (χ1v) is 12.1. The van der Waals surface area contributed by atoms with E-state index in [4.69, 9.17) is 10.7 Å². The van der Waals surface area contributed by atoms with Crippen LogP contribution in [0.4, 0.5) is 5.69 Å².